The van der Waals surface area contributed by atoms with Gasteiger partial charge in [0.1, 0.15) is 29.9 Å². The first-order chi connectivity index (χ1) is 13.9. The van der Waals surface area contributed by atoms with E-state index in [1.54, 1.807) is 23.0 Å². The van der Waals surface area contributed by atoms with Crippen LogP contribution in [0, 0.1) is 5.82 Å². The Hall–Kier alpha value is -1.78. The number of fused-ring (bicyclic) bond motifs is 2. The number of halogens is 2. The maximum atomic E-state index is 14.0. The lowest BCUT2D eigenvalue weighted by Gasteiger charge is -2.24. The summed E-state index contributed by atoms with van der Waals surface area (Å²) in [6.07, 6.45) is 1.55. The van der Waals surface area contributed by atoms with Crippen molar-refractivity contribution < 1.29 is 18.6 Å². The molecule has 2 aliphatic heterocycles. The summed E-state index contributed by atoms with van der Waals surface area (Å²) < 4.78 is 34.4. The Labute approximate surface area is 175 Å². The molecule has 0 spiro atoms. The summed E-state index contributed by atoms with van der Waals surface area (Å²) in [5, 5.41) is 0.277. The summed E-state index contributed by atoms with van der Waals surface area (Å²) in [6.45, 7) is 3.74. The highest BCUT2D eigenvalue weighted by atomic mass is 35.5. The molecule has 4 heterocycles. The van der Waals surface area contributed by atoms with E-state index in [4.69, 9.17) is 25.8 Å². The molecule has 4 atom stereocenters. The maximum absolute atomic E-state index is 14.0. The molecule has 0 bridgehead atoms. The van der Waals surface area contributed by atoms with Crippen LogP contribution in [0.5, 0.6) is 0 Å². The van der Waals surface area contributed by atoms with Crippen molar-refractivity contribution >= 4 is 34.5 Å². The molecule has 0 unspecified atom stereocenters. The van der Waals surface area contributed by atoms with E-state index in [0.29, 0.717) is 21.8 Å². The van der Waals surface area contributed by atoms with Crippen LogP contribution in [0.3, 0.4) is 0 Å². The zero-order valence-corrected chi connectivity index (χ0v) is 17.2. The topological polar surface area (TPSA) is 71.3 Å². The van der Waals surface area contributed by atoms with E-state index in [-0.39, 0.29) is 29.3 Å². The average molecular weight is 437 g/mol. The van der Waals surface area contributed by atoms with E-state index in [0.717, 1.165) is 0 Å². The summed E-state index contributed by atoms with van der Waals surface area (Å²) in [4.78, 5) is 13.2. The Kier molecular flexibility index (Phi) is 4.75. The summed E-state index contributed by atoms with van der Waals surface area (Å²) in [7, 11) is 0. The van der Waals surface area contributed by atoms with E-state index in [1.165, 1.54) is 24.2 Å². The number of ether oxygens (including phenoxy) is 3. The van der Waals surface area contributed by atoms with Gasteiger partial charge in [-0.3, -0.25) is 4.57 Å². The second-order valence-corrected chi connectivity index (χ2v) is 8.78. The highest BCUT2D eigenvalue weighted by Crippen LogP contribution is 2.45. The summed E-state index contributed by atoms with van der Waals surface area (Å²) in [6, 6.07) is 6.68. The number of benzene rings is 1. The van der Waals surface area contributed by atoms with Gasteiger partial charge in [0.05, 0.1) is 12.4 Å². The lowest BCUT2D eigenvalue weighted by atomic mass is 10.1. The van der Waals surface area contributed by atoms with E-state index < -0.39 is 12.0 Å². The first kappa shape index (κ1) is 19.2. The first-order valence-corrected chi connectivity index (χ1v) is 10.5. The Morgan fingerprint density at radius 1 is 1.17 bits per heavy atom. The molecule has 0 N–H and O–H groups in total. The predicted molar refractivity (Wildman–Crippen MR) is 105 cm³/mol. The Morgan fingerprint density at radius 2 is 1.97 bits per heavy atom. The van der Waals surface area contributed by atoms with E-state index >= 15 is 0 Å². The van der Waals surface area contributed by atoms with Crippen LogP contribution in [-0.2, 0) is 14.2 Å². The highest BCUT2D eigenvalue weighted by Gasteiger charge is 2.56. The normalized spacial score (nSPS) is 28.1. The average Bonchev–Trinajstić information content (AvgIpc) is 3.33. The van der Waals surface area contributed by atoms with Gasteiger partial charge in [-0.15, -0.1) is 11.8 Å². The van der Waals surface area contributed by atoms with Crippen molar-refractivity contribution in [1.82, 2.24) is 19.5 Å². The largest absolute Gasteiger partial charge is 0.348 e. The van der Waals surface area contributed by atoms with Crippen LogP contribution in [0.4, 0.5) is 4.39 Å². The second-order valence-electron chi connectivity index (χ2n) is 7.36. The van der Waals surface area contributed by atoms with Crippen LogP contribution in [-0.4, -0.2) is 49.4 Å². The fourth-order valence-corrected chi connectivity index (χ4v) is 4.93. The highest BCUT2D eigenvalue weighted by molar-refractivity contribution is 7.99. The van der Waals surface area contributed by atoms with Gasteiger partial charge in [-0.25, -0.2) is 19.3 Å². The second kappa shape index (κ2) is 7.17. The van der Waals surface area contributed by atoms with Gasteiger partial charge >= 0.3 is 0 Å². The zero-order valence-electron chi connectivity index (χ0n) is 15.7. The van der Waals surface area contributed by atoms with Gasteiger partial charge in [-0.1, -0.05) is 23.7 Å². The SMILES string of the molecule is CC1(C)O[C@@H]2[C@H](O1)[C@@H](CSc1ccccc1F)O[C@H]2n1cnc2c(Cl)ncnc21. The van der Waals surface area contributed by atoms with E-state index in [9.17, 15) is 4.39 Å². The van der Waals surface area contributed by atoms with Crippen LogP contribution in [0.1, 0.15) is 20.1 Å². The monoisotopic (exact) mass is 436 g/mol. The van der Waals surface area contributed by atoms with Crippen LogP contribution in [0.25, 0.3) is 11.2 Å². The van der Waals surface area contributed by atoms with Crippen molar-refractivity contribution in [1.29, 1.82) is 0 Å². The van der Waals surface area contributed by atoms with Gasteiger partial charge in [-0.05, 0) is 26.0 Å². The van der Waals surface area contributed by atoms with Crippen LogP contribution < -0.4 is 0 Å². The molecule has 0 radical (unpaired) electrons. The van der Waals surface area contributed by atoms with E-state index in [2.05, 4.69) is 15.0 Å². The van der Waals surface area contributed by atoms with Crippen molar-refractivity contribution in [3.63, 3.8) is 0 Å². The lowest BCUT2D eigenvalue weighted by Crippen LogP contribution is -2.31. The predicted octanol–water partition coefficient (Wildman–Crippen LogP) is 3.83. The van der Waals surface area contributed by atoms with Gasteiger partial charge in [0, 0.05) is 10.6 Å². The number of imidazole rings is 1. The molecule has 7 nitrogen and oxygen atoms in total. The molecule has 0 aliphatic carbocycles. The summed E-state index contributed by atoms with van der Waals surface area (Å²) >= 11 is 7.52. The van der Waals surface area contributed by atoms with Crippen LogP contribution in [0.2, 0.25) is 5.15 Å². The van der Waals surface area contributed by atoms with Crippen LogP contribution >= 0.6 is 23.4 Å². The fraction of sp³-hybridized carbons (Fsp3) is 0.421. The maximum Gasteiger partial charge on any atom is 0.167 e. The number of nitrogens with zero attached hydrogens (tertiary/aromatic N) is 4. The van der Waals surface area contributed by atoms with Crippen molar-refractivity contribution in [2.24, 2.45) is 0 Å². The molecular formula is C19H18ClFN4O3S. The van der Waals surface area contributed by atoms with Gasteiger partial charge in [0.2, 0.25) is 0 Å². The van der Waals surface area contributed by atoms with Crippen molar-refractivity contribution in [2.45, 2.75) is 49.1 Å². The Balaban J connectivity index is 1.44. The van der Waals surface area contributed by atoms with Crippen molar-refractivity contribution in [3.05, 3.63) is 47.9 Å². The van der Waals surface area contributed by atoms with Gasteiger partial charge in [-0.2, -0.15) is 0 Å². The Bertz CT molecular complexity index is 1060. The molecular weight excluding hydrogens is 419 g/mol. The van der Waals surface area contributed by atoms with Crippen molar-refractivity contribution in [3.8, 4) is 0 Å². The minimum Gasteiger partial charge on any atom is -0.348 e. The summed E-state index contributed by atoms with van der Waals surface area (Å²) in [5.74, 6) is -0.485. The van der Waals surface area contributed by atoms with Gasteiger partial charge < -0.3 is 14.2 Å². The quantitative estimate of drug-likeness (QED) is 0.454. The third-order valence-electron chi connectivity index (χ3n) is 4.95. The minimum atomic E-state index is -0.749. The number of hydrogen-bond donors (Lipinski definition) is 0. The number of aromatic nitrogens is 4. The van der Waals surface area contributed by atoms with E-state index in [1.807, 2.05) is 19.9 Å². The first-order valence-electron chi connectivity index (χ1n) is 9.14. The molecule has 152 valence electrons. The van der Waals surface area contributed by atoms with Crippen molar-refractivity contribution in [2.75, 3.05) is 5.75 Å². The van der Waals surface area contributed by atoms with Gasteiger partial charge in [0.15, 0.2) is 22.8 Å². The standard InChI is InChI=1S/C19H18ClFN4O3S/c1-19(2)27-14-11(7-29-12-6-4-3-5-10(12)21)26-18(15(14)28-19)25-9-24-13-16(20)22-8-23-17(13)25/h3-6,8-9,11,14-15,18H,7H2,1-2H3/t11-,14-,15-,18-/m1/s1. The zero-order chi connectivity index (χ0) is 20.2. The number of hydrogen-bond acceptors (Lipinski definition) is 7. The molecule has 10 heteroatoms. The molecule has 2 fully saturated rings. The molecule has 2 aliphatic rings. The third kappa shape index (κ3) is 3.40. The summed E-state index contributed by atoms with van der Waals surface area (Å²) in [5.41, 5.74) is 1.06. The molecule has 1 aromatic carbocycles. The molecule has 5 rings (SSSR count). The number of rotatable bonds is 4. The number of thioether (sulfide) groups is 1. The van der Waals surface area contributed by atoms with Gasteiger partial charge in [0.25, 0.3) is 0 Å². The molecule has 2 aromatic heterocycles. The molecule has 0 amide bonds. The third-order valence-corrected chi connectivity index (χ3v) is 6.37. The Morgan fingerprint density at radius 3 is 2.79 bits per heavy atom. The lowest BCUT2D eigenvalue weighted by molar-refractivity contribution is -0.193. The fourth-order valence-electron chi connectivity index (χ4n) is 3.76. The molecule has 2 saturated heterocycles. The molecule has 0 saturated carbocycles. The smallest absolute Gasteiger partial charge is 0.167 e. The molecule has 29 heavy (non-hydrogen) atoms. The minimum absolute atomic E-state index is 0.250. The molecule has 3 aromatic rings. The van der Waals surface area contributed by atoms with Crippen LogP contribution in [0.15, 0.2) is 41.8 Å².